The summed E-state index contributed by atoms with van der Waals surface area (Å²) in [5, 5.41) is 0. The van der Waals surface area contributed by atoms with Gasteiger partial charge in [0.15, 0.2) is 0 Å². The summed E-state index contributed by atoms with van der Waals surface area (Å²) in [7, 11) is 0. The average Bonchev–Trinajstić information content (AvgIpc) is 2.22. The van der Waals surface area contributed by atoms with Crippen LogP contribution in [0.1, 0.15) is 13.8 Å². The zero-order valence-corrected chi connectivity index (χ0v) is 11.4. The van der Waals surface area contributed by atoms with E-state index in [9.17, 15) is 0 Å². The van der Waals surface area contributed by atoms with Gasteiger partial charge in [-0.3, -0.25) is 0 Å². The van der Waals surface area contributed by atoms with Gasteiger partial charge in [0.25, 0.3) is 0 Å². The fourth-order valence-corrected chi connectivity index (χ4v) is 3.05. The molecule has 2 N–H and O–H groups in total. The summed E-state index contributed by atoms with van der Waals surface area (Å²) in [6.07, 6.45) is 0. The molecule has 1 aromatic rings. The molecular formula is C12H19ClN2S. The first-order chi connectivity index (χ1) is 7.18. The number of fused-ring (bicyclic) bond motifs is 1. The van der Waals surface area contributed by atoms with E-state index in [-0.39, 0.29) is 18.4 Å². The lowest BCUT2D eigenvalue weighted by Crippen LogP contribution is -2.44. The monoisotopic (exact) mass is 258 g/mol. The molecule has 0 bridgehead atoms. The predicted molar refractivity (Wildman–Crippen MR) is 74.9 cm³/mol. The largest absolute Gasteiger partial charge is 0.366 e. The second-order valence-corrected chi connectivity index (χ2v) is 5.32. The lowest BCUT2D eigenvalue weighted by atomic mass is 10.2. The number of nitrogens with zero attached hydrogens (tertiary/aromatic N) is 1. The summed E-state index contributed by atoms with van der Waals surface area (Å²) < 4.78 is 0. The Morgan fingerprint density at radius 3 is 2.88 bits per heavy atom. The van der Waals surface area contributed by atoms with Crippen molar-refractivity contribution in [3.8, 4) is 0 Å². The number of anilines is 1. The molecule has 0 aromatic heterocycles. The van der Waals surface area contributed by atoms with Gasteiger partial charge in [0.05, 0.1) is 5.69 Å². The molecule has 0 saturated carbocycles. The van der Waals surface area contributed by atoms with E-state index in [1.807, 2.05) is 11.8 Å². The quantitative estimate of drug-likeness (QED) is 0.885. The van der Waals surface area contributed by atoms with Crippen LogP contribution in [0.3, 0.4) is 0 Å². The summed E-state index contributed by atoms with van der Waals surface area (Å²) in [6, 6.07) is 9.40. The number of nitrogens with two attached hydrogens (primary N) is 1. The second kappa shape index (κ2) is 5.80. The molecule has 2 atom stereocenters. The van der Waals surface area contributed by atoms with Crippen molar-refractivity contribution < 1.29 is 0 Å². The van der Waals surface area contributed by atoms with Crippen LogP contribution >= 0.6 is 24.2 Å². The Balaban J connectivity index is 0.00000128. The fraction of sp³-hybridized carbons (Fsp3) is 0.500. The van der Waals surface area contributed by atoms with Crippen molar-refractivity contribution >= 4 is 29.9 Å². The highest BCUT2D eigenvalue weighted by Gasteiger charge is 2.23. The molecule has 1 aliphatic heterocycles. The molecule has 0 radical (unpaired) electrons. The smallest absolute Gasteiger partial charge is 0.0507 e. The molecule has 0 fully saturated rings. The van der Waals surface area contributed by atoms with Gasteiger partial charge >= 0.3 is 0 Å². The van der Waals surface area contributed by atoms with Gasteiger partial charge in [-0.15, -0.1) is 24.2 Å². The third kappa shape index (κ3) is 2.84. The fourth-order valence-electron chi connectivity index (χ4n) is 1.94. The standard InChI is InChI=1S/C12H18N2S.ClH/c1-9(13)7-14-10(2)8-15-12-6-4-3-5-11(12)14;/h3-6,9-10H,7-8,13H2,1-2H3;1H. The second-order valence-electron chi connectivity index (χ2n) is 4.26. The summed E-state index contributed by atoms with van der Waals surface area (Å²) in [4.78, 5) is 3.81. The van der Waals surface area contributed by atoms with Crippen molar-refractivity contribution in [1.82, 2.24) is 0 Å². The Labute approximate surface area is 108 Å². The van der Waals surface area contributed by atoms with E-state index in [0.29, 0.717) is 6.04 Å². The zero-order valence-electron chi connectivity index (χ0n) is 9.72. The molecule has 4 heteroatoms. The Hall–Kier alpha value is -0.380. The minimum absolute atomic E-state index is 0. The normalized spacial score (nSPS) is 20.9. The van der Waals surface area contributed by atoms with E-state index < -0.39 is 0 Å². The SMILES string of the molecule is CC(N)CN1c2ccccc2SCC1C.Cl. The highest BCUT2D eigenvalue weighted by Crippen LogP contribution is 2.36. The predicted octanol–water partition coefficient (Wildman–Crippen LogP) is 2.76. The first-order valence-corrected chi connectivity index (χ1v) is 6.41. The maximum absolute atomic E-state index is 5.89. The number of hydrogen-bond acceptors (Lipinski definition) is 3. The van der Waals surface area contributed by atoms with Crippen LogP contribution in [0, 0.1) is 0 Å². The minimum atomic E-state index is 0. The van der Waals surface area contributed by atoms with E-state index in [4.69, 9.17) is 5.73 Å². The van der Waals surface area contributed by atoms with Crippen LogP contribution < -0.4 is 10.6 Å². The van der Waals surface area contributed by atoms with Crippen molar-refractivity contribution in [1.29, 1.82) is 0 Å². The van der Waals surface area contributed by atoms with Crippen LogP contribution in [-0.4, -0.2) is 24.4 Å². The number of rotatable bonds is 2. The van der Waals surface area contributed by atoms with E-state index in [2.05, 4.69) is 43.0 Å². The van der Waals surface area contributed by atoms with Gasteiger partial charge in [-0.25, -0.2) is 0 Å². The molecule has 90 valence electrons. The first kappa shape index (κ1) is 13.7. The Bertz CT molecular complexity index is 344. The third-order valence-corrected chi connectivity index (χ3v) is 3.98. The van der Waals surface area contributed by atoms with Crippen LogP contribution in [0.2, 0.25) is 0 Å². The maximum Gasteiger partial charge on any atom is 0.0507 e. The topological polar surface area (TPSA) is 29.3 Å². The molecule has 1 heterocycles. The first-order valence-electron chi connectivity index (χ1n) is 5.42. The van der Waals surface area contributed by atoms with Gasteiger partial charge < -0.3 is 10.6 Å². The minimum Gasteiger partial charge on any atom is -0.366 e. The van der Waals surface area contributed by atoms with Gasteiger partial charge in [-0.2, -0.15) is 0 Å². The number of para-hydroxylation sites is 1. The summed E-state index contributed by atoms with van der Waals surface area (Å²) in [6.45, 7) is 5.28. The van der Waals surface area contributed by atoms with E-state index in [1.54, 1.807) is 0 Å². The lowest BCUT2D eigenvalue weighted by molar-refractivity contribution is 0.616. The number of benzene rings is 1. The lowest BCUT2D eigenvalue weighted by Gasteiger charge is -2.37. The highest BCUT2D eigenvalue weighted by molar-refractivity contribution is 7.99. The molecule has 0 saturated heterocycles. The van der Waals surface area contributed by atoms with Crippen molar-refractivity contribution in [2.45, 2.75) is 30.8 Å². The number of thioether (sulfide) groups is 1. The van der Waals surface area contributed by atoms with Crippen molar-refractivity contribution in [2.75, 3.05) is 17.2 Å². The molecule has 1 aromatic carbocycles. The van der Waals surface area contributed by atoms with Crippen LogP contribution in [0.25, 0.3) is 0 Å². The van der Waals surface area contributed by atoms with Crippen LogP contribution in [-0.2, 0) is 0 Å². The maximum atomic E-state index is 5.89. The zero-order chi connectivity index (χ0) is 10.8. The van der Waals surface area contributed by atoms with Gasteiger partial charge in [0.1, 0.15) is 0 Å². The van der Waals surface area contributed by atoms with E-state index in [1.165, 1.54) is 10.6 Å². The summed E-state index contributed by atoms with van der Waals surface area (Å²) >= 11 is 1.95. The molecule has 0 aliphatic carbocycles. The molecule has 1 aliphatic rings. The summed E-state index contributed by atoms with van der Waals surface area (Å²) in [5.41, 5.74) is 7.24. The number of halogens is 1. The molecule has 16 heavy (non-hydrogen) atoms. The molecule has 0 amide bonds. The third-order valence-electron chi connectivity index (χ3n) is 2.67. The van der Waals surface area contributed by atoms with Gasteiger partial charge in [-0.1, -0.05) is 12.1 Å². The van der Waals surface area contributed by atoms with Crippen molar-refractivity contribution in [2.24, 2.45) is 5.73 Å². The highest BCUT2D eigenvalue weighted by atomic mass is 35.5. The van der Waals surface area contributed by atoms with Crippen LogP contribution in [0.15, 0.2) is 29.2 Å². The van der Waals surface area contributed by atoms with Crippen LogP contribution in [0.5, 0.6) is 0 Å². The number of hydrogen-bond donors (Lipinski definition) is 1. The van der Waals surface area contributed by atoms with Crippen molar-refractivity contribution in [3.05, 3.63) is 24.3 Å². The molecular weight excluding hydrogens is 240 g/mol. The molecule has 0 spiro atoms. The summed E-state index contributed by atoms with van der Waals surface area (Å²) in [5.74, 6) is 1.16. The Kier molecular flexibility index (Phi) is 4.96. The van der Waals surface area contributed by atoms with E-state index >= 15 is 0 Å². The Morgan fingerprint density at radius 2 is 2.19 bits per heavy atom. The molecule has 2 rings (SSSR count). The van der Waals surface area contributed by atoms with E-state index in [0.717, 1.165) is 12.3 Å². The van der Waals surface area contributed by atoms with Gasteiger partial charge in [0.2, 0.25) is 0 Å². The average molecular weight is 259 g/mol. The Morgan fingerprint density at radius 1 is 1.50 bits per heavy atom. The van der Waals surface area contributed by atoms with Gasteiger partial charge in [-0.05, 0) is 26.0 Å². The van der Waals surface area contributed by atoms with Crippen molar-refractivity contribution in [3.63, 3.8) is 0 Å². The molecule has 2 unspecified atom stereocenters. The van der Waals surface area contributed by atoms with Gasteiger partial charge in [0, 0.05) is 29.3 Å². The van der Waals surface area contributed by atoms with Crippen LogP contribution in [0.4, 0.5) is 5.69 Å². The molecule has 2 nitrogen and oxygen atoms in total.